The molecule has 92 valence electrons. The molecule has 0 fully saturated rings. The molecule has 0 bridgehead atoms. The van der Waals surface area contributed by atoms with E-state index in [1.54, 1.807) is 6.07 Å². The van der Waals surface area contributed by atoms with Gasteiger partial charge in [0.1, 0.15) is 0 Å². The topological polar surface area (TPSA) is 17.1 Å². The fourth-order valence-corrected chi connectivity index (χ4v) is 1.90. The smallest absolute Gasteiger partial charge is 0.188 e. The Balaban J connectivity index is 3.14. The lowest BCUT2D eigenvalue weighted by Crippen LogP contribution is -2.01. The van der Waals surface area contributed by atoms with Crippen LogP contribution in [0.2, 0.25) is 5.02 Å². The maximum atomic E-state index is 13.8. The minimum atomic E-state index is -0.672. The summed E-state index contributed by atoms with van der Waals surface area (Å²) in [5.41, 5.74) is 1.01. The van der Waals surface area contributed by atoms with Gasteiger partial charge in [0.05, 0.1) is 10.6 Å². The molecule has 0 unspecified atom stereocenters. The zero-order valence-electron chi connectivity index (χ0n) is 9.69. The van der Waals surface area contributed by atoms with E-state index in [4.69, 9.17) is 11.6 Å². The Hall–Kier alpha value is -0.670. The highest BCUT2D eigenvalue weighted by molar-refractivity contribution is 9.10. The second kappa shape index (κ2) is 6.31. The molecule has 0 radical (unpaired) electrons. The van der Waals surface area contributed by atoms with Crippen molar-refractivity contribution >= 4 is 33.3 Å². The number of allylic oxidation sites excluding steroid dienone is 2. The van der Waals surface area contributed by atoms with Gasteiger partial charge in [-0.2, -0.15) is 0 Å². The van der Waals surface area contributed by atoms with E-state index in [2.05, 4.69) is 15.9 Å². The largest absolute Gasteiger partial charge is 0.289 e. The number of hydrogen-bond donors (Lipinski definition) is 0. The van der Waals surface area contributed by atoms with Crippen LogP contribution in [-0.4, -0.2) is 5.78 Å². The van der Waals surface area contributed by atoms with E-state index in [0.29, 0.717) is 4.47 Å². The molecule has 0 atom stereocenters. The molecule has 0 heterocycles. The number of carbonyl (C=O) groups is 1. The lowest BCUT2D eigenvalue weighted by molar-refractivity contribution is 0.104. The average Bonchev–Trinajstić information content (AvgIpc) is 2.32. The normalized spacial score (nSPS) is 10.2. The van der Waals surface area contributed by atoms with Crippen molar-refractivity contribution in [3.63, 3.8) is 0 Å². The van der Waals surface area contributed by atoms with Crippen LogP contribution < -0.4 is 0 Å². The Labute approximate surface area is 114 Å². The van der Waals surface area contributed by atoms with Crippen LogP contribution in [-0.2, 0) is 0 Å². The Bertz CT molecular complexity index is 463. The Kier molecular flexibility index (Phi) is 5.34. The first-order chi connectivity index (χ1) is 8.01. The zero-order chi connectivity index (χ0) is 13.0. The van der Waals surface area contributed by atoms with E-state index in [0.717, 1.165) is 18.4 Å². The van der Waals surface area contributed by atoms with Gasteiger partial charge in [-0.15, -0.1) is 0 Å². The quantitative estimate of drug-likeness (QED) is 0.425. The minimum Gasteiger partial charge on any atom is -0.289 e. The van der Waals surface area contributed by atoms with Gasteiger partial charge in [-0.1, -0.05) is 31.0 Å². The highest BCUT2D eigenvalue weighted by atomic mass is 79.9. The van der Waals surface area contributed by atoms with E-state index < -0.39 is 5.82 Å². The Morgan fingerprint density at radius 2 is 2.00 bits per heavy atom. The van der Waals surface area contributed by atoms with Crippen LogP contribution in [0, 0.1) is 5.82 Å². The van der Waals surface area contributed by atoms with Crippen LogP contribution in [0.1, 0.15) is 37.0 Å². The molecular formula is C13H13BrClFO. The van der Waals surface area contributed by atoms with Gasteiger partial charge in [0, 0.05) is 4.47 Å². The molecule has 0 saturated carbocycles. The molecule has 0 spiro atoms. The van der Waals surface area contributed by atoms with Gasteiger partial charge in [-0.3, -0.25) is 4.79 Å². The molecule has 0 aliphatic heterocycles. The van der Waals surface area contributed by atoms with Crippen molar-refractivity contribution in [2.75, 3.05) is 0 Å². The number of carbonyl (C=O) groups excluding carboxylic acids is 1. The fraction of sp³-hybridized carbons (Fsp3) is 0.308. The lowest BCUT2D eigenvalue weighted by atomic mass is 10.0. The van der Waals surface area contributed by atoms with Crippen molar-refractivity contribution in [3.8, 4) is 0 Å². The summed E-state index contributed by atoms with van der Waals surface area (Å²) in [4.78, 5) is 11.9. The van der Waals surface area contributed by atoms with Gasteiger partial charge in [-0.05, 0) is 47.0 Å². The van der Waals surface area contributed by atoms with Gasteiger partial charge in [0.2, 0.25) is 0 Å². The summed E-state index contributed by atoms with van der Waals surface area (Å²) in [5, 5.41) is -0.0567. The average molecular weight is 320 g/mol. The maximum absolute atomic E-state index is 13.8. The molecule has 1 aromatic rings. The highest BCUT2D eigenvalue weighted by Crippen LogP contribution is 2.28. The number of hydrogen-bond acceptors (Lipinski definition) is 1. The van der Waals surface area contributed by atoms with Crippen molar-refractivity contribution in [1.82, 2.24) is 0 Å². The molecule has 1 rings (SSSR count). The standard InChI is InChI=1S/C13H13BrClFO/c1-3-8(4-2)7-11(17)9-5-6-10(14)12(15)13(9)16/h5-7H,3-4H2,1-2H3. The van der Waals surface area contributed by atoms with Gasteiger partial charge >= 0.3 is 0 Å². The van der Waals surface area contributed by atoms with Gasteiger partial charge < -0.3 is 0 Å². The molecule has 1 nitrogen and oxygen atoms in total. The molecule has 1 aromatic carbocycles. The van der Waals surface area contributed by atoms with Crippen LogP contribution in [0.4, 0.5) is 4.39 Å². The zero-order valence-corrected chi connectivity index (χ0v) is 12.0. The molecule has 0 N–H and O–H groups in total. The van der Waals surface area contributed by atoms with Crippen LogP contribution in [0.15, 0.2) is 28.3 Å². The van der Waals surface area contributed by atoms with Crippen molar-refractivity contribution < 1.29 is 9.18 Å². The van der Waals surface area contributed by atoms with E-state index in [1.165, 1.54) is 12.1 Å². The summed E-state index contributed by atoms with van der Waals surface area (Å²) < 4.78 is 14.2. The second-order valence-corrected chi connectivity index (χ2v) is 4.83. The summed E-state index contributed by atoms with van der Waals surface area (Å²) in [6.45, 7) is 3.93. The van der Waals surface area contributed by atoms with Crippen molar-refractivity contribution in [2.24, 2.45) is 0 Å². The third-order valence-corrected chi connectivity index (χ3v) is 3.80. The first-order valence-corrected chi connectivity index (χ1v) is 6.55. The van der Waals surface area contributed by atoms with Gasteiger partial charge in [-0.25, -0.2) is 4.39 Å². The molecule has 0 aliphatic carbocycles. The molecule has 0 aliphatic rings. The van der Waals surface area contributed by atoms with Crippen molar-refractivity contribution in [2.45, 2.75) is 26.7 Å². The lowest BCUT2D eigenvalue weighted by Gasteiger charge is -2.04. The van der Waals surface area contributed by atoms with Crippen LogP contribution in [0.3, 0.4) is 0 Å². The van der Waals surface area contributed by atoms with E-state index in [9.17, 15) is 9.18 Å². The summed E-state index contributed by atoms with van der Waals surface area (Å²) in [7, 11) is 0. The molecular weight excluding hydrogens is 306 g/mol. The summed E-state index contributed by atoms with van der Waals surface area (Å²) >= 11 is 8.85. The van der Waals surface area contributed by atoms with Crippen LogP contribution in [0.5, 0.6) is 0 Å². The Morgan fingerprint density at radius 1 is 1.41 bits per heavy atom. The SMILES string of the molecule is CCC(=CC(=O)c1ccc(Br)c(Cl)c1F)CC. The number of ketones is 1. The van der Waals surface area contributed by atoms with Gasteiger partial charge in [0.15, 0.2) is 11.6 Å². The molecule has 0 aromatic heterocycles. The molecule has 0 saturated heterocycles. The van der Waals surface area contributed by atoms with E-state index in [-0.39, 0.29) is 16.4 Å². The third kappa shape index (κ3) is 3.39. The highest BCUT2D eigenvalue weighted by Gasteiger charge is 2.15. The minimum absolute atomic E-state index is 0.0117. The predicted octanol–water partition coefficient (Wildman–Crippen LogP) is 5.17. The van der Waals surface area contributed by atoms with Crippen molar-refractivity contribution in [1.29, 1.82) is 0 Å². The van der Waals surface area contributed by atoms with Crippen LogP contribution in [0.25, 0.3) is 0 Å². The molecule has 0 amide bonds. The van der Waals surface area contributed by atoms with Crippen molar-refractivity contribution in [3.05, 3.63) is 44.7 Å². The molecule has 4 heteroatoms. The summed E-state index contributed by atoms with van der Waals surface area (Å²) in [6, 6.07) is 3.01. The fourth-order valence-electron chi connectivity index (χ4n) is 1.43. The van der Waals surface area contributed by atoms with E-state index in [1.807, 2.05) is 13.8 Å². The first-order valence-electron chi connectivity index (χ1n) is 5.38. The number of halogens is 3. The van der Waals surface area contributed by atoms with Crippen LogP contribution >= 0.6 is 27.5 Å². The monoisotopic (exact) mass is 318 g/mol. The summed E-state index contributed by atoms with van der Waals surface area (Å²) in [5.74, 6) is -1.01. The first kappa shape index (κ1) is 14.4. The molecule has 17 heavy (non-hydrogen) atoms. The maximum Gasteiger partial charge on any atom is 0.188 e. The van der Waals surface area contributed by atoms with Gasteiger partial charge in [0.25, 0.3) is 0 Å². The Morgan fingerprint density at radius 3 is 2.53 bits per heavy atom. The third-order valence-electron chi connectivity index (χ3n) is 2.54. The van der Waals surface area contributed by atoms with E-state index >= 15 is 0 Å². The summed E-state index contributed by atoms with van der Waals surface area (Å²) in [6.07, 6.45) is 3.06. The number of benzene rings is 1. The second-order valence-electron chi connectivity index (χ2n) is 3.60. The number of rotatable bonds is 4. The predicted molar refractivity (Wildman–Crippen MR) is 72.1 cm³/mol.